The number of nitrogens with zero attached hydrogens (tertiary/aromatic N) is 6. The van der Waals surface area contributed by atoms with Crippen LogP contribution in [0.3, 0.4) is 0 Å². The molecule has 0 bridgehead atoms. The molecule has 1 atom stereocenters. The predicted octanol–water partition coefficient (Wildman–Crippen LogP) is 6.29. The van der Waals surface area contributed by atoms with Crippen LogP contribution in [0.1, 0.15) is 37.0 Å². The highest BCUT2D eigenvalue weighted by Crippen LogP contribution is 2.31. The smallest absolute Gasteiger partial charge is 0.406 e. The number of aliphatic imine (C=N–C) groups is 1. The summed E-state index contributed by atoms with van der Waals surface area (Å²) in [6.45, 7) is 5.40. The zero-order valence-electron chi connectivity index (χ0n) is 27.2. The molecule has 1 saturated heterocycles. The lowest BCUT2D eigenvalue weighted by Crippen LogP contribution is -2.49. The Bertz CT molecular complexity index is 1860. The van der Waals surface area contributed by atoms with Crippen molar-refractivity contribution in [3.8, 4) is 22.8 Å². The molecule has 2 heterocycles. The van der Waals surface area contributed by atoms with Gasteiger partial charge in [-0.25, -0.2) is 14.5 Å². The second-order valence-corrected chi connectivity index (χ2v) is 12.3. The number of carbonyl (C=O) groups is 3. The lowest BCUT2D eigenvalue weighted by Gasteiger charge is -2.28. The Balaban J connectivity index is 1.29. The fourth-order valence-corrected chi connectivity index (χ4v) is 6.00. The number of urea groups is 1. The molecule has 0 aliphatic carbocycles. The number of amidine groups is 1. The van der Waals surface area contributed by atoms with E-state index in [1.165, 1.54) is 63.8 Å². The standard InChI is InChI=1S/C34H34F3N7O4S/c1-5-6-24-10-7-21(2)17-28(24)44-30(46)19-49-33(44)40-32(47)39-29(42(4)22(3)45)18-23-8-11-25(12-9-23)31-38-20-43(41-31)26-13-15-27(16-14-26)48-34(35,36)37/h7-17,20,29H,5-6,18-19H2,1-4H3,(H,39,47)/b40-33-. The SMILES string of the molecule is CCCc1ccc(C)cc1N1C(=O)CS/C1=N\C(=O)NC(Cc1ccc(-c2ncn(-c3ccc(OC(F)(F)F)cc3)n2)cc1)N(C)C(C)=O. The number of thioether (sulfide) groups is 1. The number of carbonyl (C=O) groups excluding carboxylic acids is 3. The summed E-state index contributed by atoms with van der Waals surface area (Å²) in [5, 5.41) is 7.53. The van der Waals surface area contributed by atoms with Crippen LogP contribution in [-0.4, -0.2) is 68.0 Å². The molecular formula is C34H34F3N7O4S. The van der Waals surface area contributed by atoms with E-state index in [0.29, 0.717) is 22.8 Å². The summed E-state index contributed by atoms with van der Waals surface area (Å²) in [6.07, 6.45) is -2.17. The van der Waals surface area contributed by atoms with E-state index in [1.54, 1.807) is 19.2 Å². The maximum absolute atomic E-state index is 13.3. The maximum Gasteiger partial charge on any atom is 0.573 e. The maximum atomic E-state index is 13.3. The van der Waals surface area contributed by atoms with E-state index < -0.39 is 18.6 Å². The van der Waals surface area contributed by atoms with Crippen molar-refractivity contribution in [1.82, 2.24) is 25.0 Å². The largest absolute Gasteiger partial charge is 0.573 e. The van der Waals surface area contributed by atoms with Gasteiger partial charge in [0.2, 0.25) is 11.8 Å². The fourth-order valence-electron chi connectivity index (χ4n) is 5.14. The van der Waals surface area contributed by atoms with Crippen molar-refractivity contribution in [3.05, 3.63) is 89.7 Å². The van der Waals surface area contributed by atoms with Crippen molar-refractivity contribution in [2.24, 2.45) is 4.99 Å². The first kappa shape index (κ1) is 35.1. The minimum absolute atomic E-state index is 0.158. The molecule has 1 unspecified atom stereocenters. The van der Waals surface area contributed by atoms with Crippen LogP contribution in [0.25, 0.3) is 17.1 Å². The highest BCUT2D eigenvalue weighted by atomic mass is 32.2. The summed E-state index contributed by atoms with van der Waals surface area (Å²) in [6, 6.07) is 17.7. The summed E-state index contributed by atoms with van der Waals surface area (Å²) in [4.78, 5) is 50.0. The van der Waals surface area contributed by atoms with E-state index in [9.17, 15) is 27.6 Å². The summed E-state index contributed by atoms with van der Waals surface area (Å²) in [5.41, 5.74) is 4.65. The van der Waals surface area contributed by atoms with Gasteiger partial charge in [-0.1, -0.05) is 61.5 Å². The van der Waals surface area contributed by atoms with Gasteiger partial charge < -0.3 is 15.0 Å². The van der Waals surface area contributed by atoms with Crippen LogP contribution in [0.15, 0.2) is 78.0 Å². The number of ether oxygens (including phenoxy) is 1. The topological polar surface area (TPSA) is 122 Å². The van der Waals surface area contributed by atoms with E-state index in [0.717, 1.165) is 29.5 Å². The third-order valence-electron chi connectivity index (χ3n) is 7.69. The Labute approximate surface area is 285 Å². The summed E-state index contributed by atoms with van der Waals surface area (Å²) < 4.78 is 42.8. The molecule has 11 nitrogen and oxygen atoms in total. The highest BCUT2D eigenvalue weighted by molar-refractivity contribution is 8.15. The monoisotopic (exact) mass is 693 g/mol. The molecule has 5 rings (SSSR count). The average Bonchev–Trinajstić information content (AvgIpc) is 3.68. The van der Waals surface area contributed by atoms with Crippen LogP contribution in [0.2, 0.25) is 0 Å². The molecule has 4 amide bonds. The molecule has 1 fully saturated rings. The quantitative estimate of drug-likeness (QED) is 0.194. The first-order chi connectivity index (χ1) is 23.3. The van der Waals surface area contributed by atoms with Crippen LogP contribution in [0.5, 0.6) is 5.75 Å². The van der Waals surface area contributed by atoms with Gasteiger partial charge in [0.15, 0.2) is 11.0 Å². The lowest BCUT2D eigenvalue weighted by atomic mass is 10.0. The molecule has 256 valence electrons. The Morgan fingerprint density at radius 1 is 1.10 bits per heavy atom. The van der Waals surface area contributed by atoms with E-state index in [-0.39, 0.29) is 34.9 Å². The molecule has 0 radical (unpaired) electrons. The first-order valence-electron chi connectivity index (χ1n) is 15.4. The Morgan fingerprint density at radius 3 is 2.47 bits per heavy atom. The van der Waals surface area contributed by atoms with Crippen molar-refractivity contribution < 1.29 is 32.3 Å². The fraction of sp³-hybridized carbons (Fsp3) is 0.294. The second kappa shape index (κ2) is 14.9. The Hall–Kier alpha value is -5.18. The molecule has 1 N–H and O–H groups in total. The van der Waals surface area contributed by atoms with Crippen LogP contribution in [0.4, 0.5) is 23.7 Å². The number of nitrogens with one attached hydrogen (secondary N) is 1. The lowest BCUT2D eigenvalue weighted by molar-refractivity contribution is -0.274. The third-order valence-corrected chi connectivity index (χ3v) is 8.61. The van der Waals surface area contributed by atoms with Crippen molar-refractivity contribution in [2.45, 2.75) is 52.6 Å². The molecule has 1 aliphatic rings. The zero-order chi connectivity index (χ0) is 35.3. The molecule has 15 heteroatoms. The van der Waals surface area contributed by atoms with Crippen LogP contribution < -0.4 is 15.0 Å². The summed E-state index contributed by atoms with van der Waals surface area (Å²) >= 11 is 1.19. The Kier molecular flexibility index (Phi) is 10.7. The van der Waals surface area contributed by atoms with E-state index in [2.05, 4.69) is 32.1 Å². The van der Waals surface area contributed by atoms with Crippen LogP contribution >= 0.6 is 11.8 Å². The minimum Gasteiger partial charge on any atom is -0.406 e. The van der Waals surface area contributed by atoms with Crippen LogP contribution in [0, 0.1) is 6.92 Å². The number of benzene rings is 3. The van der Waals surface area contributed by atoms with Gasteiger partial charge in [0.25, 0.3) is 0 Å². The molecule has 49 heavy (non-hydrogen) atoms. The molecule has 1 aliphatic heterocycles. The normalized spacial score (nSPS) is 14.6. The number of alkyl halides is 3. The van der Waals surface area contributed by atoms with E-state index >= 15 is 0 Å². The molecule has 3 aromatic carbocycles. The van der Waals surface area contributed by atoms with Gasteiger partial charge in [0, 0.05) is 26.0 Å². The van der Waals surface area contributed by atoms with Crippen LogP contribution in [-0.2, 0) is 22.4 Å². The molecule has 1 aromatic heterocycles. The predicted molar refractivity (Wildman–Crippen MR) is 180 cm³/mol. The Morgan fingerprint density at radius 2 is 1.82 bits per heavy atom. The van der Waals surface area contributed by atoms with E-state index in [4.69, 9.17) is 0 Å². The van der Waals surface area contributed by atoms with Gasteiger partial charge in [-0.05, 0) is 60.4 Å². The number of halogens is 3. The second-order valence-electron chi connectivity index (χ2n) is 11.3. The number of aryl methyl sites for hydroxylation is 2. The molecule has 4 aromatic rings. The van der Waals surface area contributed by atoms with Gasteiger partial charge in [0.05, 0.1) is 17.1 Å². The number of anilines is 1. The number of aromatic nitrogens is 3. The number of rotatable bonds is 10. The van der Waals surface area contributed by atoms with E-state index in [1.807, 2.05) is 37.3 Å². The number of hydrogen-bond donors (Lipinski definition) is 1. The van der Waals surface area contributed by atoms with Gasteiger partial charge in [-0.15, -0.1) is 18.3 Å². The molecular weight excluding hydrogens is 659 g/mol. The molecule has 0 saturated carbocycles. The van der Waals surface area contributed by atoms with Crippen molar-refractivity contribution in [2.75, 3.05) is 17.7 Å². The van der Waals surface area contributed by atoms with Crippen molar-refractivity contribution >= 4 is 40.5 Å². The summed E-state index contributed by atoms with van der Waals surface area (Å²) in [5.74, 6) is -0.233. The van der Waals surface area contributed by atoms with Gasteiger partial charge in [0.1, 0.15) is 18.2 Å². The van der Waals surface area contributed by atoms with Crippen molar-refractivity contribution in [3.63, 3.8) is 0 Å². The van der Waals surface area contributed by atoms with Crippen molar-refractivity contribution in [1.29, 1.82) is 0 Å². The number of hydrogen-bond acceptors (Lipinski definition) is 7. The highest BCUT2D eigenvalue weighted by Gasteiger charge is 2.33. The number of likely N-dealkylation sites (N-methyl/N-ethyl adjacent to an activating group) is 1. The first-order valence-corrected chi connectivity index (χ1v) is 16.3. The third kappa shape index (κ3) is 8.84. The molecule has 0 spiro atoms. The average molecular weight is 694 g/mol. The zero-order valence-corrected chi connectivity index (χ0v) is 28.0. The van der Waals surface area contributed by atoms with Gasteiger partial charge >= 0.3 is 12.4 Å². The number of amides is 4. The summed E-state index contributed by atoms with van der Waals surface area (Å²) in [7, 11) is 1.58. The van der Waals surface area contributed by atoms with Gasteiger partial charge in [-0.3, -0.25) is 14.5 Å². The van der Waals surface area contributed by atoms with Gasteiger partial charge in [-0.2, -0.15) is 4.99 Å². The minimum atomic E-state index is -4.78.